The van der Waals surface area contributed by atoms with Gasteiger partial charge in [0.25, 0.3) is 0 Å². The van der Waals surface area contributed by atoms with Crippen molar-refractivity contribution >= 4 is 16.5 Å². The molecule has 18 heavy (non-hydrogen) atoms. The van der Waals surface area contributed by atoms with Gasteiger partial charge in [0.05, 0.1) is 12.3 Å². The lowest BCUT2D eigenvalue weighted by Crippen LogP contribution is -2.33. The monoisotopic (exact) mass is 269 g/mol. The van der Waals surface area contributed by atoms with Gasteiger partial charge in [0, 0.05) is 31.6 Å². The SMILES string of the molecule is CCC1CCN(c2nc(COC)c(CN)s2)CC1. The summed E-state index contributed by atoms with van der Waals surface area (Å²) in [6, 6.07) is 0. The largest absolute Gasteiger partial charge is 0.378 e. The van der Waals surface area contributed by atoms with E-state index in [4.69, 9.17) is 10.5 Å². The molecule has 102 valence electrons. The summed E-state index contributed by atoms with van der Waals surface area (Å²) >= 11 is 1.72. The molecule has 0 unspecified atom stereocenters. The van der Waals surface area contributed by atoms with Crippen molar-refractivity contribution < 1.29 is 4.74 Å². The minimum atomic E-state index is 0.557. The zero-order valence-corrected chi connectivity index (χ0v) is 12.1. The van der Waals surface area contributed by atoms with Crippen molar-refractivity contribution in [2.75, 3.05) is 25.1 Å². The normalized spacial score (nSPS) is 17.4. The smallest absolute Gasteiger partial charge is 0.185 e. The van der Waals surface area contributed by atoms with E-state index in [1.54, 1.807) is 18.4 Å². The molecule has 0 saturated carbocycles. The fourth-order valence-electron chi connectivity index (χ4n) is 2.45. The number of anilines is 1. The van der Waals surface area contributed by atoms with Crippen molar-refractivity contribution in [1.82, 2.24) is 4.98 Å². The van der Waals surface area contributed by atoms with E-state index in [1.807, 2.05) is 0 Å². The zero-order chi connectivity index (χ0) is 13.0. The van der Waals surface area contributed by atoms with Crippen LogP contribution in [0.25, 0.3) is 0 Å². The third-order valence-corrected chi connectivity index (χ3v) is 4.88. The van der Waals surface area contributed by atoms with Crippen LogP contribution in [0.5, 0.6) is 0 Å². The second kappa shape index (κ2) is 6.50. The van der Waals surface area contributed by atoms with Crippen molar-refractivity contribution in [1.29, 1.82) is 0 Å². The fourth-order valence-corrected chi connectivity index (χ4v) is 3.44. The molecular formula is C13H23N3OS. The van der Waals surface area contributed by atoms with Gasteiger partial charge in [0.15, 0.2) is 5.13 Å². The molecule has 0 aliphatic carbocycles. The molecule has 1 aliphatic heterocycles. The number of hydrogen-bond donors (Lipinski definition) is 1. The van der Waals surface area contributed by atoms with Crippen molar-refractivity contribution in [3.8, 4) is 0 Å². The molecule has 5 heteroatoms. The van der Waals surface area contributed by atoms with Crippen LogP contribution in [0.1, 0.15) is 36.8 Å². The quantitative estimate of drug-likeness (QED) is 0.891. The van der Waals surface area contributed by atoms with E-state index < -0.39 is 0 Å². The van der Waals surface area contributed by atoms with Gasteiger partial charge in [0.1, 0.15) is 0 Å². The molecule has 2 N–H and O–H groups in total. The van der Waals surface area contributed by atoms with E-state index in [1.165, 1.54) is 19.3 Å². The highest BCUT2D eigenvalue weighted by Gasteiger charge is 2.21. The van der Waals surface area contributed by atoms with Crippen molar-refractivity contribution in [2.45, 2.75) is 39.3 Å². The summed E-state index contributed by atoms with van der Waals surface area (Å²) in [7, 11) is 1.70. The number of hydrogen-bond acceptors (Lipinski definition) is 5. The Hall–Kier alpha value is -0.650. The number of methoxy groups -OCH3 is 1. The van der Waals surface area contributed by atoms with Gasteiger partial charge in [-0.2, -0.15) is 0 Å². The Kier molecular flexibility index (Phi) is 4.97. The topological polar surface area (TPSA) is 51.4 Å². The highest BCUT2D eigenvalue weighted by atomic mass is 32.1. The van der Waals surface area contributed by atoms with Gasteiger partial charge in [-0.3, -0.25) is 0 Å². The highest BCUT2D eigenvalue weighted by Crippen LogP contribution is 2.30. The number of ether oxygens (including phenoxy) is 1. The number of nitrogens with zero attached hydrogens (tertiary/aromatic N) is 2. The maximum Gasteiger partial charge on any atom is 0.185 e. The molecule has 0 atom stereocenters. The first-order valence-electron chi connectivity index (χ1n) is 6.71. The van der Waals surface area contributed by atoms with Crippen LogP contribution in [-0.2, 0) is 17.9 Å². The van der Waals surface area contributed by atoms with E-state index >= 15 is 0 Å². The van der Waals surface area contributed by atoms with Gasteiger partial charge >= 0.3 is 0 Å². The van der Waals surface area contributed by atoms with Gasteiger partial charge in [-0.1, -0.05) is 13.3 Å². The molecule has 1 aromatic rings. The second-order valence-electron chi connectivity index (χ2n) is 4.84. The van der Waals surface area contributed by atoms with Crippen LogP contribution in [0.2, 0.25) is 0 Å². The lowest BCUT2D eigenvalue weighted by molar-refractivity contribution is 0.181. The molecule has 1 fully saturated rings. The van der Waals surface area contributed by atoms with Crippen LogP contribution in [0, 0.1) is 5.92 Å². The van der Waals surface area contributed by atoms with Crippen LogP contribution < -0.4 is 10.6 Å². The lowest BCUT2D eigenvalue weighted by Gasteiger charge is -2.31. The summed E-state index contributed by atoms with van der Waals surface area (Å²) < 4.78 is 5.18. The first kappa shape index (κ1) is 13.8. The maximum atomic E-state index is 5.76. The van der Waals surface area contributed by atoms with Crippen molar-refractivity contribution in [3.05, 3.63) is 10.6 Å². The fraction of sp³-hybridized carbons (Fsp3) is 0.769. The van der Waals surface area contributed by atoms with E-state index in [9.17, 15) is 0 Å². The molecule has 2 rings (SSSR count). The van der Waals surface area contributed by atoms with Gasteiger partial charge in [-0.05, 0) is 18.8 Å². The molecule has 0 spiro atoms. The van der Waals surface area contributed by atoms with Gasteiger partial charge < -0.3 is 15.4 Å². The van der Waals surface area contributed by atoms with Crippen LogP contribution in [0.4, 0.5) is 5.13 Å². The van der Waals surface area contributed by atoms with Crippen LogP contribution in [0.15, 0.2) is 0 Å². The third-order valence-electron chi connectivity index (χ3n) is 3.70. The number of nitrogens with two attached hydrogens (primary N) is 1. The van der Waals surface area contributed by atoms with Crippen molar-refractivity contribution in [3.63, 3.8) is 0 Å². The lowest BCUT2D eigenvalue weighted by atomic mass is 9.95. The predicted molar refractivity (Wildman–Crippen MR) is 75.9 cm³/mol. The summed E-state index contributed by atoms with van der Waals surface area (Å²) in [6.07, 6.45) is 3.87. The first-order chi connectivity index (χ1) is 8.78. The minimum absolute atomic E-state index is 0.557. The van der Waals surface area contributed by atoms with E-state index in [2.05, 4.69) is 16.8 Å². The van der Waals surface area contributed by atoms with E-state index in [-0.39, 0.29) is 0 Å². The summed E-state index contributed by atoms with van der Waals surface area (Å²) in [6.45, 7) is 5.66. The Morgan fingerprint density at radius 1 is 1.44 bits per heavy atom. The Balaban J connectivity index is 2.05. The van der Waals surface area contributed by atoms with Crippen molar-refractivity contribution in [2.24, 2.45) is 11.7 Å². The zero-order valence-electron chi connectivity index (χ0n) is 11.3. The number of rotatable bonds is 5. The van der Waals surface area contributed by atoms with E-state index in [0.717, 1.165) is 34.7 Å². The summed E-state index contributed by atoms with van der Waals surface area (Å²) in [5, 5.41) is 1.12. The molecule has 0 radical (unpaired) electrons. The van der Waals surface area contributed by atoms with Gasteiger partial charge in [-0.25, -0.2) is 4.98 Å². The van der Waals surface area contributed by atoms with Gasteiger partial charge in [-0.15, -0.1) is 11.3 Å². The minimum Gasteiger partial charge on any atom is -0.378 e. The van der Waals surface area contributed by atoms with Crippen LogP contribution >= 0.6 is 11.3 Å². The third kappa shape index (κ3) is 3.02. The molecule has 4 nitrogen and oxygen atoms in total. The average molecular weight is 269 g/mol. The van der Waals surface area contributed by atoms with Crippen LogP contribution in [-0.4, -0.2) is 25.2 Å². The molecule has 0 amide bonds. The Labute approximate surface area is 113 Å². The Morgan fingerprint density at radius 3 is 2.72 bits per heavy atom. The summed E-state index contributed by atoms with van der Waals surface area (Å²) in [4.78, 5) is 8.24. The molecule has 1 aromatic heterocycles. The predicted octanol–water partition coefficient (Wildman–Crippen LogP) is 2.37. The second-order valence-corrected chi connectivity index (χ2v) is 5.90. The first-order valence-corrected chi connectivity index (χ1v) is 7.52. The molecule has 1 saturated heterocycles. The average Bonchev–Trinajstić information content (AvgIpc) is 2.82. The number of piperidine rings is 1. The summed E-state index contributed by atoms with van der Waals surface area (Å²) in [5.41, 5.74) is 6.78. The Morgan fingerprint density at radius 2 is 2.17 bits per heavy atom. The molecule has 2 heterocycles. The van der Waals surface area contributed by atoms with Gasteiger partial charge in [0.2, 0.25) is 0 Å². The maximum absolute atomic E-state index is 5.76. The molecule has 0 aromatic carbocycles. The summed E-state index contributed by atoms with van der Waals surface area (Å²) in [5.74, 6) is 0.897. The molecule has 1 aliphatic rings. The van der Waals surface area contributed by atoms with E-state index in [0.29, 0.717) is 13.2 Å². The Bertz CT molecular complexity index is 372. The standard InChI is InChI=1S/C13H23N3OS/c1-3-10-4-6-16(7-5-10)13-15-11(9-17-2)12(8-14)18-13/h10H,3-9,14H2,1-2H3. The molecule has 0 bridgehead atoms. The number of thiazole rings is 1. The van der Waals surface area contributed by atoms with Crippen LogP contribution in [0.3, 0.4) is 0 Å². The highest BCUT2D eigenvalue weighted by molar-refractivity contribution is 7.15. The molecular weight excluding hydrogens is 246 g/mol. The number of aromatic nitrogens is 1.